The number of aromatic nitrogens is 3. The van der Waals surface area contributed by atoms with Crippen LogP contribution in [0.1, 0.15) is 25.3 Å². The van der Waals surface area contributed by atoms with E-state index in [-0.39, 0.29) is 17.6 Å². The van der Waals surface area contributed by atoms with Gasteiger partial charge in [0.2, 0.25) is 5.91 Å². The van der Waals surface area contributed by atoms with Gasteiger partial charge in [0.1, 0.15) is 17.1 Å². The van der Waals surface area contributed by atoms with Crippen LogP contribution in [0.15, 0.2) is 67.0 Å². The molecule has 0 unspecified atom stereocenters. The predicted octanol–water partition coefficient (Wildman–Crippen LogP) is 4.47. The lowest BCUT2D eigenvalue weighted by Gasteiger charge is -2.32. The summed E-state index contributed by atoms with van der Waals surface area (Å²) in [5.74, 6) is 1.44. The molecule has 0 atom stereocenters. The summed E-state index contributed by atoms with van der Waals surface area (Å²) in [7, 11) is 0. The normalized spacial score (nSPS) is 14.3. The number of amides is 1. The average Bonchev–Trinajstić information content (AvgIpc) is 3.33. The van der Waals surface area contributed by atoms with E-state index in [0.717, 1.165) is 59.8 Å². The zero-order valence-electron chi connectivity index (χ0n) is 19.7. The van der Waals surface area contributed by atoms with Gasteiger partial charge in [0.15, 0.2) is 5.82 Å². The van der Waals surface area contributed by atoms with Crippen LogP contribution in [-0.4, -0.2) is 40.2 Å². The minimum Gasteiger partial charge on any atom is -0.494 e. The van der Waals surface area contributed by atoms with Crippen LogP contribution in [0, 0.1) is 11.7 Å². The van der Waals surface area contributed by atoms with Gasteiger partial charge in [0, 0.05) is 43.5 Å². The van der Waals surface area contributed by atoms with Crippen molar-refractivity contribution in [1.82, 2.24) is 19.9 Å². The molecule has 35 heavy (non-hydrogen) atoms. The fourth-order valence-corrected chi connectivity index (χ4v) is 4.47. The highest BCUT2D eigenvalue weighted by molar-refractivity contribution is 5.79. The minimum atomic E-state index is -0.277. The number of hydrogen-bond acceptors (Lipinski definition) is 5. The zero-order valence-corrected chi connectivity index (χ0v) is 19.7. The molecular weight excluding hydrogens is 445 g/mol. The van der Waals surface area contributed by atoms with Crippen molar-refractivity contribution in [1.29, 1.82) is 0 Å². The van der Waals surface area contributed by atoms with Gasteiger partial charge in [-0.25, -0.2) is 13.9 Å². The molecule has 0 radical (unpaired) electrons. The number of nitrogens with one attached hydrogen (secondary N) is 1. The van der Waals surface area contributed by atoms with Crippen LogP contribution in [0.5, 0.6) is 5.75 Å². The Morgan fingerprint density at radius 3 is 2.57 bits per heavy atom. The monoisotopic (exact) mass is 473 g/mol. The van der Waals surface area contributed by atoms with Crippen LogP contribution < -0.4 is 15.0 Å². The summed E-state index contributed by atoms with van der Waals surface area (Å²) in [6.45, 7) is 4.49. The van der Waals surface area contributed by atoms with Crippen LogP contribution in [-0.2, 0) is 11.3 Å². The number of fused-ring (bicyclic) bond motifs is 1. The largest absolute Gasteiger partial charge is 0.494 e. The van der Waals surface area contributed by atoms with Crippen LogP contribution in [0.2, 0.25) is 0 Å². The predicted molar refractivity (Wildman–Crippen MR) is 133 cm³/mol. The van der Waals surface area contributed by atoms with E-state index in [4.69, 9.17) is 9.84 Å². The van der Waals surface area contributed by atoms with E-state index in [9.17, 15) is 9.18 Å². The molecule has 0 aliphatic carbocycles. The van der Waals surface area contributed by atoms with Gasteiger partial charge < -0.3 is 15.0 Å². The number of carbonyl (C=O) groups is 1. The molecule has 4 aromatic rings. The first-order valence-corrected chi connectivity index (χ1v) is 12.0. The number of piperidine rings is 1. The summed E-state index contributed by atoms with van der Waals surface area (Å²) >= 11 is 0. The van der Waals surface area contributed by atoms with Gasteiger partial charge in [0.05, 0.1) is 12.3 Å². The van der Waals surface area contributed by atoms with Crippen molar-refractivity contribution >= 4 is 17.2 Å². The molecule has 1 aliphatic heterocycles. The molecule has 3 heterocycles. The van der Waals surface area contributed by atoms with Crippen LogP contribution in [0.4, 0.5) is 10.2 Å². The highest BCUT2D eigenvalue weighted by Gasteiger charge is 2.26. The van der Waals surface area contributed by atoms with Crippen molar-refractivity contribution < 1.29 is 13.9 Å². The van der Waals surface area contributed by atoms with Gasteiger partial charge >= 0.3 is 0 Å². The Kier molecular flexibility index (Phi) is 6.61. The number of hydrogen-bond donors (Lipinski definition) is 1. The SMILES string of the molecule is CCOc1ccc(-c2cc3c(N4CCC(C(=O)NCc5ccc(F)cc5)CC4)nccn3n2)cc1. The molecule has 1 saturated heterocycles. The van der Waals surface area contributed by atoms with Gasteiger partial charge in [-0.15, -0.1) is 0 Å². The number of anilines is 1. The number of ether oxygens (including phenoxy) is 1. The first-order chi connectivity index (χ1) is 17.1. The van der Waals surface area contributed by atoms with Crippen LogP contribution in [0.25, 0.3) is 16.8 Å². The molecule has 1 aliphatic rings. The third kappa shape index (κ3) is 5.11. The summed E-state index contributed by atoms with van der Waals surface area (Å²) in [6, 6.07) is 16.2. The Morgan fingerprint density at radius 1 is 1.11 bits per heavy atom. The Hall–Kier alpha value is -3.94. The molecular formula is C27H28FN5O2. The Morgan fingerprint density at radius 2 is 1.86 bits per heavy atom. The number of rotatable bonds is 7. The lowest BCUT2D eigenvalue weighted by atomic mass is 9.95. The van der Waals surface area contributed by atoms with E-state index in [0.29, 0.717) is 13.2 Å². The number of halogens is 1. The van der Waals surface area contributed by atoms with Crippen molar-refractivity contribution in [3.05, 3.63) is 78.4 Å². The molecule has 2 aromatic carbocycles. The smallest absolute Gasteiger partial charge is 0.223 e. The maximum Gasteiger partial charge on any atom is 0.223 e. The highest BCUT2D eigenvalue weighted by Crippen LogP contribution is 2.29. The molecule has 5 rings (SSSR count). The van der Waals surface area contributed by atoms with E-state index in [1.54, 1.807) is 18.3 Å². The van der Waals surface area contributed by atoms with E-state index >= 15 is 0 Å². The summed E-state index contributed by atoms with van der Waals surface area (Å²) in [5.41, 5.74) is 3.71. The zero-order chi connectivity index (χ0) is 24.2. The molecule has 0 bridgehead atoms. The van der Waals surface area contributed by atoms with Crippen LogP contribution in [0.3, 0.4) is 0 Å². The van der Waals surface area contributed by atoms with Gasteiger partial charge in [0.25, 0.3) is 0 Å². The summed E-state index contributed by atoms with van der Waals surface area (Å²) in [4.78, 5) is 19.5. The number of carbonyl (C=O) groups excluding carboxylic acids is 1. The summed E-state index contributed by atoms with van der Waals surface area (Å²) in [6.07, 6.45) is 5.11. The van der Waals surface area contributed by atoms with Gasteiger partial charge in [-0.2, -0.15) is 5.10 Å². The van der Waals surface area contributed by atoms with Gasteiger partial charge in [-0.1, -0.05) is 12.1 Å². The molecule has 1 fully saturated rings. The average molecular weight is 474 g/mol. The van der Waals surface area contributed by atoms with E-state index < -0.39 is 0 Å². The molecule has 180 valence electrons. The molecule has 2 aromatic heterocycles. The maximum atomic E-state index is 13.1. The Balaban J connectivity index is 1.24. The second-order valence-corrected chi connectivity index (χ2v) is 8.67. The van der Waals surface area contributed by atoms with Crippen molar-refractivity contribution in [2.24, 2.45) is 5.92 Å². The van der Waals surface area contributed by atoms with Crippen molar-refractivity contribution in [2.45, 2.75) is 26.3 Å². The third-order valence-electron chi connectivity index (χ3n) is 6.38. The topological polar surface area (TPSA) is 71.8 Å². The fourth-order valence-electron chi connectivity index (χ4n) is 4.47. The molecule has 1 N–H and O–H groups in total. The highest BCUT2D eigenvalue weighted by atomic mass is 19.1. The lowest BCUT2D eigenvalue weighted by Crippen LogP contribution is -2.40. The van der Waals surface area contributed by atoms with E-state index in [1.165, 1.54) is 12.1 Å². The number of nitrogens with zero attached hydrogens (tertiary/aromatic N) is 4. The Bertz CT molecular complexity index is 1300. The molecule has 8 heteroatoms. The second-order valence-electron chi connectivity index (χ2n) is 8.67. The van der Waals surface area contributed by atoms with Gasteiger partial charge in [-0.3, -0.25) is 4.79 Å². The third-order valence-corrected chi connectivity index (χ3v) is 6.38. The molecule has 0 spiro atoms. The second kappa shape index (κ2) is 10.1. The molecule has 7 nitrogen and oxygen atoms in total. The van der Waals surface area contributed by atoms with Crippen molar-refractivity contribution in [3.8, 4) is 17.0 Å². The number of benzene rings is 2. The van der Waals surface area contributed by atoms with E-state index in [1.807, 2.05) is 41.9 Å². The molecule has 1 amide bonds. The van der Waals surface area contributed by atoms with E-state index in [2.05, 4.69) is 21.3 Å². The lowest BCUT2D eigenvalue weighted by molar-refractivity contribution is -0.125. The standard InChI is InChI=1S/C27H28FN5O2/c1-2-35-23-9-5-20(6-10-23)24-17-25-26(29-13-16-33(25)31-24)32-14-11-21(12-15-32)27(34)30-18-19-3-7-22(28)8-4-19/h3-10,13,16-17,21H,2,11-12,14-15,18H2,1H3,(H,30,34). The Labute approximate surface area is 203 Å². The molecule has 0 saturated carbocycles. The van der Waals surface area contributed by atoms with Gasteiger partial charge in [-0.05, 0) is 67.8 Å². The summed E-state index contributed by atoms with van der Waals surface area (Å²) < 4.78 is 20.5. The minimum absolute atomic E-state index is 0.0438. The maximum absolute atomic E-state index is 13.1. The van der Waals surface area contributed by atoms with Crippen molar-refractivity contribution in [2.75, 3.05) is 24.6 Å². The fraction of sp³-hybridized carbons (Fsp3) is 0.296. The first-order valence-electron chi connectivity index (χ1n) is 12.0. The van der Waals surface area contributed by atoms with Crippen LogP contribution >= 0.6 is 0 Å². The van der Waals surface area contributed by atoms with Crippen molar-refractivity contribution in [3.63, 3.8) is 0 Å². The summed E-state index contributed by atoms with van der Waals surface area (Å²) in [5, 5.41) is 7.72. The first kappa shape index (κ1) is 22.8. The quantitative estimate of drug-likeness (QED) is 0.429.